The maximum atomic E-state index is 12.4. The van der Waals surface area contributed by atoms with E-state index in [9.17, 15) is 13.5 Å². The van der Waals surface area contributed by atoms with Crippen LogP contribution in [0, 0.1) is 0 Å². The highest BCUT2D eigenvalue weighted by Crippen LogP contribution is 2.30. The third-order valence-corrected chi connectivity index (χ3v) is 5.70. The van der Waals surface area contributed by atoms with Gasteiger partial charge in [-0.15, -0.1) is 0 Å². The molecule has 1 aromatic heterocycles. The minimum Gasteiger partial charge on any atom is -0.497 e. The summed E-state index contributed by atoms with van der Waals surface area (Å²) in [6.45, 7) is 1.77. The van der Waals surface area contributed by atoms with Crippen molar-refractivity contribution in [2.45, 2.75) is 19.8 Å². The highest BCUT2D eigenvalue weighted by Gasteiger charge is 2.17. The predicted octanol–water partition coefficient (Wildman–Crippen LogP) is 3.07. The van der Waals surface area contributed by atoms with E-state index in [1.807, 2.05) is 18.2 Å². The van der Waals surface area contributed by atoms with Gasteiger partial charge in [0.05, 0.1) is 23.9 Å². The molecule has 0 fully saturated rings. The van der Waals surface area contributed by atoms with E-state index in [1.165, 1.54) is 0 Å². The summed E-state index contributed by atoms with van der Waals surface area (Å²) in [4.78, 5) is 9.03. The number of fused-ring (bicyclic) bond motifs is 1. The van der Waals surface area contributed by atoms with E-state index in [-0.39, 0.29) is 24.0 Å². The topological polar surface area (TPSA) is 113 Å². The van der Waals surface area contributed by atoms with Crippen molar-refractivity contribution < 1.29 is 18.3 Å². The van der Waals surface area contributed by atoms with Crippen LogP contribution in [0.4, 0.5) is 17.3 Å². The molecule has 2 aromatic carbocycles. The van der Waals surface area contributed by atoms with E-state index in [4.69, 9.17) is 4.74 Å². The number of aromatic nitrogens is 2. The van der Waals surface area contributed by atoms with Crippen LogP contribution in [-0.4, -0.2) is 43.0 Å². The lowest BCUT2D eigenvalue weighted by Crippen LogP contribution is -2.18. The van der Waals surface area contributed by atoms with Crippen molar-refractivity contribution in [3.05, 3.63) is 48.0 Å². The molecule has 0 unspecified atom stereocenters. The molecule has 29 heavy (non-hydrogen) atoms. The number of anilines is 3. The number of hydrogen-bond acceptors (Lipinski definition) is 7. The molecule has 3 N–H and O–H groups in total. The summed E-state index contributed by atoms with van der Waals surface area (Å²) in [5.41, 5.74) is 2.69. The van der Waals surface area contributed by atoms with Gasteiger partial charge in [-0.25, -0.2) is 18.4 Å². The molecular weight excluding hydrogens is 392 g/mol. The number of para-hydroxylation sites is 2. The molecule has 0 bridgehead atoms. The number of aliphatic hydroxyl groups excluding tert-OH is 1. The molecule has 0 spiro atoms. The lowest BCUT2D eigenvalue weighted by atomic mass is 10.1. The number of rotatable bonds is 9. The summed E-state index contributed by atoms with van der Waals surface area (Å²) in [5.74, 6) is 0.998. The zero-order chi connectivity index (χ0) is 20.9. The first-order valence-corrected chi connectivity index (χ1v) is 10.9. The van der Waals surface area contributed by atoms with Crippen molar-refractivity contribution in [3.63, 3.8) is 0 Å². The average molecular weight is 417 g/mol. The van der Waals surface area contributed by atoms with Crippen LogP contribution in [0.5, 0.6) is 5.75 Å². The van der Waals surface area contributed by atoms with Crippen LogP contribution < -0.4 is 14.8 Å². The first-order valence-electron chi connectivity index (χ1n) is 9.28. The molecule has 0 aliphatic heterocycles. The summed E-state index contributed by atoms with van der Waals surface area (Å²) in [6.07, 6.45) is 0.903. The Morgan fingerprint density at radius 3 is 2.38 bits per heavy atom. The Kier molecular flexibility index (Phi) is 6.50. The normalized spacial score (nSPS) is 11.4. The maximum absolute atomic E-state index is 12.4. The second-order valence-corrected chi connectivity index (χ2v) is 8.29. The number of benzene rings is 2. The predicted molar refractivity (Wildman–Crippen MR) is 114 cm³/mol. The van der Waals surface area contributed by atoms with E-state index < -0.39 is 10.0 Å². The molecule has 0 aliphatic rings. The Morgan fingerprint density at radius 2 is 1.76 bits per heavy atom. The molecule has 0 saturated heterocycles. The lowest BCUT2D eigenvalue weighted by molar-refractivity contribution is 0.299. The van der Waals surface area contributed by atoms with E-state index in [1.54, 1.807) is 38.3 Å². The quantitative estimate of drug-likeness (QED) is 0.491. The van der Waals surface area contributed by atoms with Crippen molar-refractivity contribution in [3.8, 4) is 5.75 Å². The number of ether oxygens (including phenoxy) is 1. The molecule has 0 atom stereocenters. The Morgan fingerprint density at radius 1 is 1.07 bits per heavy atom. The Hall–Kier alpha value is -2.91. The maximum Gasteiger partial charge on any atom is 0.233 e. The van der Waals surface area contributed by atoms with E-state index in [0.717, 1.165) is 5.56 Å². The lowest BCUT2D eigenvalue weighted by Gasteiger charge is -2.16. The number of methoxy groups -OCH3 is 1. The summed E-state index contributed by atoms with van der Waals surface area (Å²) in [5, 5.41) is 12.5. The minimum absolute atomic E-state index is 0.0180. The van der Waals surface area contributed by atoms with Gasteiger partial charge in [-0.1, -0.05) is 25.1 Å². The van der Waals surface area contributed by atoms with Crippen LogP contribution in [-0.2, 0) is 16.4 Å². The van der Waals surface area contributed by atoms with Crippen LogP contribution in [0.3, 0.4) is 0 Å². The fourth-order valence-corrected chi connectivity index (χ4v) is 3.97. The fraction of sp³-hybridized carbons (Fsp3) is 0.300. The third-order valence-electron chi connectivity index (χ3n) is 4.25. The molecule has 8 nitrogen and oxygen atoms in total. The molecule has 0 radical (unpaired) electrons. The van der Waals surface area contributed by atoms with Crippen molar-refractivity contribution >= 4 is 38.4 Å². The first-order chi connectivity index (χ1) is 14.0. The van der Waals surface area contributed by atoms with Crippen LogP contribution in [0.2, 0.25) is 0 Å². The SMILES string of the molecule is CCCS(=O)(=O)Nc1nc2ccccc2nc1Nc1cc(OC)ccc1CCO. The highest BCUT2D eigenvalue weighted by atomic mass is 32.2. The number of hydrogen-bond donors (Lipinski definition) is 3. The Labute approximate surface area is 170 Å². The molecule has 3 aromatic rings. The van der Waals surface area contributed by atoms with Crippen molar-refractivity contribution in [2.24, 2.45) is 0 Å². The monoisotopic (exact) mass is 416 g/mol. The van der Waals surface area contributed by atoms with Gasteiger partial charge in [0.2, 0.25) is 10.0 Å². The zero-order valence-electron chi connectivity index (χ0n) is 16.3. The average Bonchev–Trinajstić information content (AvgIpc) is 2.69. The van der Waals surface area contributed by atoms with Crippen LogP contribution in [0.25, 0.3) is 11.0 Å². The Bertz CT molecular complexity index is 1100. The summed E-state index contributed by atoms with van der Waals surface area (Å²) in [7, 11) is -2.00. The van der Waals surface area contributed by atoms with Crippen LogP contribution in [0.1, 0.15) is 18.9 Å². The van der Waals surface area contributed by atoms with Crippen molar-refractivity contribution in [2.75, 3.05) is 29.5 Å². The molecule has 9 heteroatoms. The van der Waals surface area contributed by atoms with Gasteiger partial charge in [-0.05, 0) is 36.6 Å². The van der Waals surface area contributed by atoms with Gasteiger partial charge in [0, 0.05) is 18.4 Å². The van der Waals surface area contributed by atoms with E-state index in [0.29, 0.717) is 35.3 Å². The molecule has 3 rings (SSSR count). The molecule has 0 amide bonds. The van der Waals surface area contributed by atoms with Gasteiger partial charge in [0.25, 0.3) is 0 Å². The van der Waals surface area contributed by atoms with Gasteiger partial charge in [0.15, 0.2) is 11.6 Å². The molecular formula is C20H24N4O4S. The van der Waals surface area contributed by atoms with Gasteiger partial charge < -0.3 is 15.2 Å². The summed E-state index contributed by atoms with van der Waals surface area (Å²) < 4.78 is 32.5. The first kappa shape index (κ1) is 20.8. The second-order valence-electron chi connectivity index (χ2n) is 6.45. The summed E-state index contributed by atoms with van der Waals surface area (Å²) in [6, 6.07) is 12.6. The third kappa shape index (κ3) is 5.12. The van der Waals surface area contributed by atoms with Gasteiger partial charge in [0.1, 0.15) is 5.75 Å². The number of nitrogens with zero attached hydrogens (tertiary/aromatic N) is 2. The molecule has 154 valence electrons. The largest absolute Gasteiger partial charge is 0.497 e. The van der Waals surface area contributed by atoms with E-state index >= 15 is 0 Å². The Balaban J connectivity index is 2.09. The fourth-order valence-electron chi connectivity index (χ4n) is 2.89. The van der Waals surface area contributed by atoms with Gasteiger partial charge in [-0.3, -0.25) is 4.72 Å². The minimum atomic E-state index is -3.56. The van der Waals surface area contributed by atoms with E-state index in [2.05, 4.69) is 20.0 Å². The highest BCUT2D eigenvalue weighted by molar-refractivity contribution is 7.92. The number of nitrogens with one attached hydrogen (secondary N) is 2. The number of aliphatic hydroxyl groups is 1. The van der Waals surface area contributed by atoms with Crippen LogP contribution in [0.15, 0.2) is 42.5 Å². The van der Waals surface area contributed by atoms with Crippen molar-refractivity contribution in [1.82, 2.24) is 9.97 Å². The van der Waals surface area contributed by atoms with Gasteiger partial charge >= 0.3 is 0 Å². The number of sulfonamides is 1. The standard InChI is InChI=1S/C20H24N4O4S/c1-3-12-29(26,27)24-20-19(21-16-6-4-5-7-17(16)22-20)23-18-13-15(28-2)9-8-14(18)10-11-25/h4-9,13,25H,3,10-12H2,1-2H3,(H,21,23)(H,22,24). The van der Waals surface area contributed by atoms with Gasteiger partial charge in [-0.2, -0.15) is 0 Å². The van der Waals surface area contributed by atoms with Crippen molar-refractivity contribution in [1.29, 1.82) is 0 Å². The molecule has 0 saturated carbocycles. The smallest absolute Gasteiger partial charge is 0.233 e. The zero-order valence-corrected chi connectivity index (χ0v) is 17.2. The summed E-state index contributed by atoms with van der Waals surface area (Å²) >= 11 is 0. The molecule has 0 aliphatic carbocycles. The second kappa shape index (κ2) is 9.06. The van der Waals surface area contributed by atoms with Crippen LogP contribution >= 0.6 is 0 Å². The molecule has 1 heterocycles.